The van der Waals surface area contributed by atoms with E-state index in [1.807, 2.05) is 4.90 Å². The second-order valence-electron chi connectivity index (χ2n) is 6.34. The molecule has 134 valence electrons. The lowest BCUT2D eigenvalue weighted by Gasteiger charge is -2.42. The molecule has 1 saturated heterocycles. The number of carbonyl (C=O) groups is 1. The van der Waals surface area contributed by atoms with Crippen LogP contribution in [0.3, 0.4) is 0 Å². The summed E-state index contributed by atoms with van der Waals surface area (Å²) in [5, 5.41) is 23.6. The van der Waals surface area contributed by atoms with Crippen LogP contribution in [-0.2, 0) is 6.54 Å². The lowest BCUT2D eigenvalue weighted by molar-refractivity contribution is -0.117. The topological polar surface area (TPSA) is 101 Å². The van der Waals surface area contributed by atoms with Crippen LogP contribution in [0.1, 0.15) is 22.5 Å². The number of aromatic amines is 1. The van der Waals surface area contributed by atoms with Gasteiger partial charge in [0.1, 0.15) is 17.1 Å². The van der Waals surface area contributed by atoms with Gasteiger partial charge in [-0.15, -0.1) is 0 Å². The summed E-state index contributed by atoms with van der Waals surface area (Å²) in [5.41, 5.74) is -0.579. The Labute approximate surface area is 144 Å². The average molecular weight is 348 g/mol. The highest BCUT2D eigenvalue weighted by molar-refractivity contribution is 5.91. The number of piperidine rings is 1. The highest BCUT2D eigenvalue weighted by Crippen LogP contribution is 2.24. The van der Waals surface area contributed by atoms with Gasteiger partial charge in [-0.05, 0) is 12.5 Å². The zero-order valence-electron chi connectivity index (χ0n) is 13.7. The van der Waals surface area contributed by atoms with Crippen molar-refractivity contribution in [2.75, 3.05) is 19.6 Å². The van der Waals surface area contributed by atoms with E-state index >= 15 is 0 Å². The molecule has 7 nitrogen and oxygen atoms in total. The van der Waals surface area contributed by atoms with Crippen molar-refractivity contribution in [2.24, 2.45) is 0 Å². The van der Waals surface area contributed by atoms with Crippen LogP contribution in [-0.4, -0.2) is 62.3 Å². The molecule has 0 aliphatic carbocycles. The quantitative estimate of drug-likeness (QED) is 0.622. The van der Waals surface area contributed by atoms with E-state index in [9.17, 15) is 19.4 Å². The van der Waals surface area contributed by atoms with E-state index in [-0.39, 0.29) is 31.0 Å². The number of benzene rings is 1. The molecule has 2 aromatic rings. The van der Waals surface area contributed by atoms with Crippen molar-refractivity contribution in [1.29, 1.82) is 0 Å². The van der Waals surface area contributed by atoms with Gasteiger partial charge in [0.25, 0.3) is 5.91 Å². The molecule has 1 aromatic carbocycles. The van der Waals surface area contributed by atoms with E-state index in [1.165, 1.54) is 18.6 Å². The highest BCUT2D eigenvalue weighted by Gasteiger charge is 2.41. The largest absolute Gasteiger partial charge is 0.389 e. The molecule has 0 radical (unpaired) electrons. The maximum absolute atomic E-state index is 13.7. The van der Waals surface area contributed by atoms with Crippen molar-refractivity contribution in [3.05, 3.63) is 53.9 Å². The maximum atomic E-state index is 13.7. The molecule has 8 heteroatoms. The zero-order chi connectivity index (χ0) is 17.9. The first-order valence-electron chi connectivity index (χ1n) is 8.11. The first-order chi connectivity index (χ1) is 12.0. The molecule has 0 bridgehead atoms. The Morgan fingerprint density at radius 2 is 2.28 bits per heavy atom. The van der Waals surface area contributed by atoms with Crippen LogP contribution in [0.5, 0.6) is 0 Å². The fourth-order valence-electron chi connectivity index (χ4n) is 2.95. The first-order valence-corrected chi connectivity index (χ1v) is 8.11. The Bertz CT molecular complexity index is 724. The van der Waals surface area contributed by atoms with Gasteiger partial charge >= 0.3 is 0 Å². The average Bonchev–Trinajstić information content (AvgIpc) is 3.13. The number of H-pyrrole nitrogens is 1. The van der Waals surface area contributed by atoms with Crippen molar-refractivity contribution < 1.29 is 19.4 Å². The van der Waals surface area contributed by atoms with Crippen LogP contribution < -0.4 is 5.32 Å². The monoisotopic (exact) mass is 348 g/mol. The van der Waals surface area contributed by atoms with Gasteiger partial charge in [0.2, 0.25) is 0 Å². The van der Waals surface area contributed by atoms with Crippen LogP contribution >= 0.6 is 0 Å². The number of halogens is 1. The highest BCUT2D eigenvalue weighted by atomic mass is 19.1. The third-order valence-electron chi connectivity index (χ3n) is 4.56. The molecule has 0 spiro atoms. The van der Waals surface area contributed by atoms with E-state index in [0.29, 0.717) is 18.7 Å². The predicted octanol–water partition coefficient (Wildman–Crippen LogP) is 0.276. The molecule has 1 fully saturated rings. The Kier molecular flexibility index (Phi) is 5.12. The summed E-state index contributed by atoms with van der Waals surface area (Å²) in [5.74, 6) is -0.684. The van der Waals surface area contributed by atoms with Crippen molar-refractivity contribution >= 4 is 5.91 Å². The molecule has 0 saturated carbocycles. The minimum absolute atomic E-state index is 0.0699. The fraction of sp³-hybridized carbons (Fsp3) is 0.412. The molecule has 1 amide bonds. The van der Waals surface area contributed by atoms with Crippen molar-refractivity contribution in [2.45, 2.75) is 24.7 Å². The summed E-state index contributed by atoms with van der Waals surface area (Å²) in [6.45, 7) is 0.979. The van der Waals surface area contributed by atoms with Crippen LogP contribution in [0, 0.1) is 5.82 Å². The number of carbonyl (C=O) groups excluding carboxylic acids is 1. The smallest absolute Gasteiger partial charge is 0.269 e. The second kappa shape index (κ2) is 7.30. The summed E-state index contributed by atoms with van der Waals surface area (Å²) < 4.78 is 13.7. The third-order valence-corrected chi connectivity index (χ3v) is 4.56. The summed E-state index contributed by atoms with van der Waals surface area (Å²) in [6, 6.07) is 6.50. The first kappa shape index (κ1) is 17.5. The minimum Gasteiger partial charge on any atom is -0.389 e. The third kappa shape index (κ3) is 4.04. The number of nitrogens with zero attached hydrogens (tertiary/aromatic N) is 2. The van der Waals surface area contributed by atoms with Gasteiger partial charge in [0.05, 0.1) is 18.6 Å². The molecule has 1 aliphatic rings. The Morgan fingerprint density at radius 1 is 1.48 bits per heavy atom. The number of β-amino-alcohol motifs (C(OH)–C–C–N with tert-alkyl or cyclic N) is 1. The lowest BCUT2D eigenvalue weighted by atomic mass is 9.88. The number of likely N-dealkylation sites (tertiary alicyclic amines) is 1. The number of hydrogen-bond donors (Lipinski definition) is 4. The number of aliphatic hydroxyl groups excluding tert-OH is 1. The molecular formula is C17H21FN4O3. The van der Waals surface area contributed by atoms with Crippen LogP contribution in [0.4, 0.5) is 4.39 Å². The number of amides is 1. The van der Waals surface area contributed by atoms with Crippen LogP contribution in [0.25, 0.3) is 0 Å². The van der Waals surface area contributed by atoms with Gasteiger partial charge in [-0.1, -0.05) is 18.2 Å². The van der Waals surface area contributed by atoms with Crippen molar-refractivity contribution in [1.82, 2.24) is 20.2 Å². The van der Waals surface area contributed by atoms with E-state index in [2.05, 4.69) is 15.3 Å². The number of aliphatic hydroxyl groups is 2. The summed E-state index contributed by atoms with van der Waals surface area (Å²) in [7, 11) is 0. The summed E-state index contributed by atoms with van der Waals surface area (Å²) in [6.07, 6.45) is 1.99. The predicted molar refractivity (Wildman–Crippen MR) is 88.2 cm³/mol. The second-order valence-corrected chi connectivity index (χ2v) is 6.34. The van der Waals surface area contributed by atoms with Gasteiger partial charge in [-0.25, -0.2) is 9.37 Å². The minimum atomic E-state index is -1.42. The van der Waals surface area contributed by atoms with Crippen molar-refractivity contribution in [3.8, 4) is 0 Å². The maximum Gasteiger partial charge on any atom is 0.269 e. The molecule has 3 rings (SSSR count). The number of nitrogens with one attached hydrogen (secondary N) is 2. The Hall–Kier alpha value is -2.29. The Morgan fingerprint density at radius 3 is 2.96 bits per heavy atom. The van der Waals surface area contributed by atoms with E-state index in [4.69, 9.17) is 0 Å². The van der Waals surface area contributed by atoms with E-state index in [1.54, 1.807) is 18.2 Å². The number of rotatable bonds is 5. The van der Waals surface area contributed by atoms with E-state index < -0.39 is 17.6 Å². The van der Waals surface area contributed by atoms with Gasteiger partial charge in [-0.2, -0.15) is 0 Å². The lowest BCUT2D eigenvalue weighted by Crippen LogP contribution is -2.60. The number of hydrogen-bond acceptors (Lipinski definition) is 5. The van der Waals surface area contributed by atoms with Crippen LogP contribution in [0.15, 0.2) is 36.8 Å². The molecule has 2 atom stereocenters. The molecule has 1 aromatic heterocycles. The number of aromatic nitrogens is 2. The molecule has 2 heterocycles. The summed E-state index contributed by atoms with van der Waals surface area (Å²) in [4.78, 5) is 20.2. The Balaban J connectivity index is 1.55. The van der Waals surface area contributed by atoms with Gasteiger partial charge in [-0.3, -0.25) is 9.69 Å². The van der Waals surface area contributed by atoms with Gasteiger partial charge in [0, 0.05) is 31.7 Å². The summed E-state index contributed by atoms with van der Waals surface area (Å²) >= 11 is 0. The van der Waals surface area contributed by atoms with Gasteiger partial charge < -0.3 is 20.5 Å². The normalized spacial score (nSPS) is 24.2. The van der Waals surface area contributed by atoms with E-state index in [0.717, 1.165) is 0 Å². The molecular weight excluding hydrogens is 327 g/mol. The molecule has 1 aliphatic heterocycles. The molecule has 0 unspecified atom stereocenters. The molecule has 4 N–H and O–H groups in total. The van der Waals surface area contributed by atoms with Crippen molar-refractivity contribution in [3.63, 3.8) is 0 Å². The standard InChI is InChI=1S/C17H21FN4O3/c18-13-4-2-1-3-12(13)8-22-6-5-17(25,15(23)9-22)10-20-16(24)14-7-19-11-21-14/h1-4,7,11,15,23,25H,5-6,8-10H2,(H,19,21)(H,20,24)/t15-,17-/m1/s1. The fourth-order valence-corrected chi connectivity index (χ4v) is 2.95. The molecule has 25 heavy (non-hydrogen) atoms. The number of imidazole rings is 1. The van der Waals surface area contributed by atoms with Gasteiger partial charge in [0.15, 0.2) is 0 Å². The zero-order valence-corrected chi connectivity index (χ0v) is 13.7. The SMILES string of the molecule is O=C(NC[C@]1(O)CCN(Cc2ccccc2F)C[C@H]1O)c1cnc[nH]1. The van der Waals surface area contributed by atoms with Crippen LogP contribution in [0.2, 0.25) is 0 Å².